The highest BCUT2D eigenvalue weighted by Crippen LogP contribution is 2.21. The Labute approximate surface area is 191 Å². The van der Waals surface area contributed by atoms with Gasteiger partial charge < -0.3 is 5.32 Å². The average Bonchev–Trinajstić information content (AvgIpc) is 3.37. The number of carbonyl (C=O) groups excluding carboxylic acids is 1. The first kappa shape index (κ1) is 22.4. The number of aromatic nitrogens is 6. The summed E-state index contributed by atoms with van der Waals surface area (Å²) in [5, 5.41) is 12.2. The molecule has 4 aromatic rings. The van der Waals surface area contributed by atoms with E-state index in [0.717, 1.165) is 36.9 Å². The second-order valence-corrected chi connectivity index (χ2v) is 8.37. The van der Waals surface area contributed by atoms with Crippen LogP contribution in [0, 0.1) is 19.8 Å². The van der Waals surface area contributed by atoms with E-state index in [0.29, 0.717) is 22.5 Å². The van der Waals surface area contributed by atoms with Gasteiger partial charge in [-0.15, -0.1) is 0 Å². The minimum atomic E-state index is -0.325. The molecule has 1 aromatic carbocycles. The fraction of sp³-hybridized carbons (Fsp3) is 0.375. The maximum atomic E-state index is 12.9. The van der Waals surface area contributed by atoms with Crippen LogP contribution in [0.4, 0.5) is 5.82 Å². The zero-order valence-electron chi connectivity index (χ0n) is 19.4. The van der Waals surface area contributed by atoms with E-state index < -0.39 is 0 Å². The van der Waals surface area contributed by atoms with Crippen molar-refractivity contribution in [3.63, 3.8) is 0 Å². The van der Waals surface area contributed by atoms with Gasteiger partial charge in [0.05, 0.1) is 17.6 Å². The second-order valence-electron chi connectivity index (χ2n) is 8.37. The van der Waals surface area contributed by atoms with Crippen molar-refractivity contribution >= 4 is 22.8 Å². The van der Waals surface area contributed by atoms with E-state index in [9.17, 15) is 9.59 Å². The number of nitrogens with zero attached hydrogens (tertiary/aromatic N) is 5. The molecule has 0 spiro atoms. The van der Waals surface area contributed by atoms with Crippen molar-refractivity contribution in [3.8, 4) is 11.6 Å². The van der Waals surface area contributed by atoms with Crippen LogP contribution in [0.25, 0.3) is 22.7 Å². The summed E-state index contributed by atoms with van der Waals surface area (Å²) in [7, 11) is 0. The van der Waals surface area contributed by atoms with E-state index in [1.807, 2.05) is 38.1 Å². The Morgan fingerprint density at radius 2 is 1.79 bits per heavy atom. The van der Waals surface area contributed by atoms with E-state index in [2.05, 4.69) is 39.3 Å². The molecule has 2 N–H and O–H groups in total. The average molecular weight is 448 g/mol. The molecule has 0 aliphatic heterocycles. The summed E-state index contributed by atoms with van der Waals surface area (Å²) in [6, 6.07) is 9.58. The van der Waals surface area contributed by atoms with Crippen LogP contribution in [0.3, 0.4) is 0 Å². The normalized spacial score (nSPS) is 11.4. The Kier molecular flexibility index (Phi) is 6.39. The van der Waals surface area contributed by atoms with Crippen LogP contribution in [0.15, 0.2) is 41.3 Å². The van der Waals surface area contributed by atoms with Crippen molar-refractivity contribution in [1.29, 1.82) is 0 Å². The topological polar surface area (TPSA) is 110 Å². The van der Waals surface area contributed by atoms with E-state index in [4.69, 9.17) is 0 Å². The fourth-order valence-electron chi connectivity index (χ4n) is 3.96. The van der Waals surface area contributed by atoms with Crippen LogP contribution in [-0.2, 0) is 4.79 Å². The van der Waals surface area contributed by atoms with Gasteiger partial charge in [0.25, 0.3) is 5.56 Å². The molecular formula is C24H29N7O2. The summed E-state index contributed by atoms with van der Waals surface area (Å²) >= 11 is 0. The largest absolute Gasteiger partial charge is 0.310 e. The second kappa shape index (κ2) is 9.40. The first-order chi connectivity index (χ1) is 15.9. The molecule has 0 radical (unpaired) electrons. The van der Waals surface area contributed by atoms with E-state index in [-0.39, 0.29) is 23.3 Å². The molecule has 0 aliphatic carbocycles. The number of rotatable bonds is 8. The number of nitrogens with one attached hydrogen (secondary N) is 2. The van der Waals surface area contributed by atoms with Gasteiger partial charge in [-0.3, -0.25) is 14.6 Å². The minimum Gasteiger partial charge on any atom is -0.310 e. The Morgan fingerprint density at radius 3 is 2.45 bits per heavy atom. The number of hydrogen-bond acceptors (Lipinski definition) is 5. The summed E-state index contributed by atoms with van der Waals surface area (Å²) in [6.07, 6.45) is 5.02. The highest BCUT2D eigenvalue weighted by molar-refractivity contribution is 5.92. The number of anilines is 1. The summed E-state index contributed by atoms with van der Waals surface area (Å²) in [4.78, 5) is 33.2. The first-order valence-electron chi connectivity index (χ1n) is 11.3. The summed E-state index contributed by atoms with van der Waals surface area (Å²) in [5.41, 5.74) is 2.71. The third-order valence-corrected chi connectivity index (χ3v) is 5.63. The zero-order chi connectivity index (χ0) is 23.5. The lowest BCUT2D eigenvalue weighted by atomic mass is 9.97. The summed E-state index contributed by atoms with van der Waals surface area (Å²) in [5.74, 6) is 0.569. The molecule has 1 amide bonds. The third kappa shape index (κ3) is 4.57. The number of fused-ring (bicyclic) bond motifs is 1. The number of aromatic amines is 1. The van der Waals surface area contributed by atoms with Gasteiger partial charge in [0.1, 0.15) is 11.2 Å². The molecule has 0 aliphatic rings. The van der Waals surface area contributed by atoms with Crippen LogP contribution in [-0.4, -0.2) is 35.4 Å². The molecule has 3 heterocycles. The molecule has 0 atom stereocenters. The van der Waals surface area contributed by atoms with Gasteiger partial charge in [-0.2, -0.15) is 19.9 Å². The van der Waals surface area contributed by atoms with E-state index in [1.54, 1.807) is 10.7 Å². The Hall–Kier alpha value is -3.75. The Balaban J connectivity index is 1.75. The van der Waals surface area contributed by atoms with Crippen LogP contribution < -0.4 is 10.9 Å². The zero-order valence-corrected chi connectivity index (χ0v) is 19.4. The standard InChI is InChI=1S/C24H29N7O2/c1-5-7-17(8-6-2)22(32)26-20-13-16(4)29-31(20)24-27-21-19(23(33)28-24)14-25-30(21)18-11-9-15(3)10-12-18/h9-14,17H,5-8H2,1-4H3,(H,26,32)(H,27,28,33). The van der Waals surface area contributed by atoms with Crippen molar-refractivity contribution in [2.45, 2.75) is 53.4 Å². The van der Waals surface area contributed by atoms with Gasteiger partial charge in [-0.05, 0) is 38.8 Å². The van der Waals surface area contributed by atoms with Gasteiger partial charge in [-0.1, -0.05) is 44.4 Å². The lowest BCUT2D eigenvalue weighted by Gasteiger charge is -2.15. The Morgan fingerprint density at radius 1 is 1.09 bits per heavy atom. The van der Waals surface area contributed by atoms with Crippen LogP contribution in [0.5, 0.6) is 0 Å². The summed E-state index contributed by atoms with van der Waals surface area (Å²) < 4.78 is 3.09. The van der Waals surface area contributed by atoms with Crippen molar-refractivity contribution in [2.75, 3.05) is 5.32 Å². The monoisotopic (exact) mass is 447 g/mol. The van der Waals surface area contributed by atoms with Gasteiger partial charge >= 0.3 is 0 Å². The molecule has 0 fully saturated rings. The highest BCUT2D eigenvalue weighted by atomic mass is 16.2. The molecule has 9 nitrogen and oxygen atoms in total. The lowest BCUT2D eigenvalue weighted by molar-refractivity contribution is -0.120. The van der Waals surface area contributed by atoms with E-state index in [1.165, 1.54) is 10.9 Å². The van der Waals surface area contributed by atoms with Gasteiger partial charge in [0, 0.05) is 12.0 Å². The Bertz CT molecular complexity index is 1330. The molecule has 33 heavy (non-hydrogen) atoms. The quantitative estimate of drug-likeness (QED) is 0.423. The van der Waals surface area contributed by atoms with Gasteiger partial charge in [0.15, 0.2) is 5.65 Å². The van der Waals surface area contributed by atoms with Crippen molar-refractivity contribution in [1.82, 2.24) is 29.5 Å². The number of aryl methyl sites for hydroxylation is 2. The predicted octanol–water partition coefficient (Wildman–Crippen LogP) is 4.07. The number of benzene rings is 1. The molecule has 0 saturated heterocycles. The number of hydrogen-bond donors (Lipinski definition) is 2. The number of carbonyl (C=O) groups is 1. The molecule has 9 heteroatoms. The SMILES string of the molecule is CCCC(CCC)C(=O)Nc1cc(C)nn1-c1nc2c(cnn2-c2ccc(C)cc2)c(=O)[nH]1. The molecule has 0 bridgehead atoms. The van der Waals surface area contributed by atoms with Crippen molar-refractivity contribution in [2.24, 2.45) is 5.92 Å². The molecule has 0 unspecified atom stereocenters. The van der Waals surface area contributed by atoms with Crippen molar-refractivity contribution in [3.05, 3.63) is 58.1 Å². The molecule has 3 aromatic heterocycles. The minimum absolute atomic E-state index is 0.0482. The predicted molar refractivity (Wildman–Crippen MR) is 128 cm³/mol. The van der Waals surface area contributed by atoms with Crippen molar-refractivity contribution < 1.29 is 4.79 Å². The maximum Gasteiger partial charge on any atom is 0.263 e. The lowest BCUT2D eigenvalue weighted by Crippen LogP contribution is -2.25. The molecule has 172 valence electrons. The smallest absolute Gasteiger partial charge is 0.263 e. The number of amides is 1. The van der Waals surface area contributed by atoms with Crippen LogP contribution in [0.1, 0.15) is 50.8 Å². The maximum absolute atomic E-state index is 12.9. The first-order valence-corrected chi connectivity index (χ1v) is 11.3. The van der Waals surface area contributed by atoms with E-state index >= 15 is 0 Å². The third-order valence-electron chi connectivity index (χ3n) is 5.63. The molecule has 0 saturated carbocycles. The number of H-pyrrole nitrogens is 1. The van der Waals surface area contributed by atoms with Crippen LogP contribution >= 0.6 is 0 Å². The summed E-state index contributed by atoms with van der Waals surface area (Å²) in [6.45, 7) is 7.99. The fourth-order valence-corrected chi connectivity index (χ4v) is 3.96. The van der Waals surface area contributed by atoms with Gasteiger partial charge in [-0.25, -0.2) is 4.68 Å². The highest BCUT2D eigenvalue weighted by Gasteiger charge is 2.21. The molecular weight excluding hydrogens is 418 g/mol. The van der Waals surface area contributed by atoms with Crippen LogP contribution in [0.2, 0.25) is 0 Å². The molecule has 4 rings (SSSR count). The van der Waals surface area contributed by atoms with Gasteiger partial charge in [0.2, 0.25) is 11.9 Å².